The van der Waals surface area contributed by atoms with Crippen LogP contribution in [0.4, 0.5) is 0 Å². The van der Waals surface area contributed by atoms with E-state index in [-0.39, 0.29) is 11.4 Å². The van der Waals surface area contributed by atoms with Gasteiger partial charge in [0.15, 0.2) is 0 Å². The van der Waals surface area contributed by atoms with Crippen LogP contribution < -0.4 is 0 Å². The summed E-state index contributed by atoms with van der Waals surface area (Å²) in [6.07, 6.45) is 0. The molecule has 114 valence electrons. The molecule has 1 rings (SSSR count). The van der Waals surface area contributed by atoms with E-state index < -0.39 is 0 Å². The Balaban J connectivity index is 0. The molecule has 2 nitrogen and oxygen atoms in total. The Hall–Kier alpha value is -1.44. The minimum Gasteiger partial charge on any atom is -0.807 e. The monoisotopic (exact) mass is 274 g/mol. The highest BCUT2D eigenvalue weighted by atomic mass is 14.4. The number of hydrogen-bond acceptors (Lipinski definition) is 0. The Morgan fingerprint density at radius 1 is 0.650 bits per heavy atom. The van der Waals surface area contributed by atoms with Crippen LogP contribution in [0.3, 0.4) is 0 Å². The third-order valence-corrected chi connectivity index (χ3v) is 1.72. The van der Waals surface area contributed by atoms with Gasteiger partial charge in [-0.05, 0) is 23.0 Å². The normalized spacial score (nSPS) is 9.30. The van der Waals surface area contributed by atoms with Crippen molar-refractivity contribution >= 4 is 11.4 Å². The summed E-state index contributed by atoms with van der Waals surface area (Å²) < 4.78 is 0. The number of hydrogen-bond donors (Lipinski definition) is 0. The van der Waals surface area contributed by atoms with Crippen LogP contribution in [-0.2, 0) is 0 Å². The zero-order valence-corrected chi connectivity index (χ0v) is 14.4. The van der Waals surface area contributed by atoms with Crippen molar-refractivity contribution in [1.29, 1.82) is 0 Å². The molecule has 0 amide bonds. The Kier molecular flexibility index (Phi) is 11.9. The molecule has 0 spiro atoms. The van der Waals surface area contributed by atoms with E-state index >= 15 is 0 Å². The SMILES string of the molecule is CC(=[N-])c1ccc(C(C)=[N-])cc1.CC(C)C.CC(C)C. The van der Waals surface area contributed by atoms with Gasteiger partial charge in [-0.2, -0.15) is 11.4 Å². The average molecular weight is 274 g/mol. The molecule has 0 fully saturated rings. The highest BCUT2D eigenvalue weighted by Crippen LogP contribution is 2.05. The molecule has 0 atom stereocenters. The summed E-state index contributed by atoms with van der Waals surface area (Å²) in [4.78, 5) is 0. The third-order valence-electron chi connectivity index (χ3n) is 1.72. The molecule has 0 unspecified atom stereocenters. The van der Waals surface area contributed by atoms with E-state index in [2.05, 4.69) is 41.5 Å². The van der Waals surface area contributed by atoms with E-state index in [4.69, 9.17) is 10.8 Å². The largest absolute Gasteiger partial charge is 0.807 e. The van der Waals surface area contributed by atoms with Gasteiger partial charge in [-0.1, -0.05) is 79.7 Å². The lowest BCUT2D eigenvalue weighted by Crippen LogP contribution is -1.94. The van der Waals surface area contributed by atoms with E-state index in [9.17, 15) is 0 Å². The van der Waals surface area contributed by atoms with Crippen LogP contribution in [-0.4, -0.2) is 11.4 Å². The van der Waals surface area contributed by atoms with Crippen LogP contribution >= 0.6 is 0 Å². The van der Waals surface area contributed by atoms with Gasteiger partial charge in [-0.25, -0.2) is 0 Å². The molecule has 0 N–H and O–H groups in total. The first-order chi connectivity index (χ1) is 9.07. The summed E-state index contributed by atoms with van der Waals surface area (Å²) in [5, 5.41) is 18.2. The van der Waals surface area contributed by atoms with E-state index in [1.54, 1.807) is 38.1 Å². The second-order valence-electron chi connectivity index (χ2n) is 6.21. The van der Waals surface area contributed by atoms with Gasteiger partial charge >= 0.3 is 0 Å². The highest BCUT2D eigenvalue weighted by molar-refractivity contribution is 6.04. The molecule has 0 heterocycles. The van der Waals surface area contributed by atoms with E-state index in [1.165, 1.54) is 0 Å². The Morgan fingerprint density at radius 3 is 0.900 bits per heavy atom. The van der Waals surface area contributed by atoms with Gasteiger partial charge in [-0.3, -0.25) is 0 Å². The molecule has 0 saturated carbocycles. The highest BCUT2D eigenvalue weighted by Gasteiger charge is 1.89. The molecule has 0 aliphatic heterocycles. The molecule has 1 aromatic rings. The maximum absolute atomic E-state index is 9.10. The molecule has 0 aliphatic carbocycles. The zero-order valence-electron chi connectivity index (χ0n) is 14.4. The van der Waals surface area contributed by atoms with Crippen LogP contribution in [0.1, 0.15) is 66.5 Å². The van der Waals surface area contributed by atoms with Gasteiger partial charge in [0.1, 0.15) is 0 Å². The van der Waals surface area contributed by atoms with Crippen LogP contribution in [0.5, 0.6) is 0 Å². The molecule has 0 bridgehead atoms. The number of rotatable bonds is 2. The summed E-state index contributed by atoms with van der Waals surface area (Å²) in [7, 11) is 0. The van der Waals surface area contributed by atoms with Gasteiger partial charge in [0.2, 0.25) is 0 Å². The van der Waals surface area contributed by atoms with Crippen LogP contribution in [0.25, 0.3) is 10.8 Å². The summed E-state index contributed by atoms with van der Waals surface area (Å²) in [6, 6.07) is 7.07. The van der Waals surface area contributed by atoms with Crippen molar-refractivity contribution in [2.24, 2.45) is 11.8 Å². The lowest BCUT2D eigenvalue weighted by molar-refractivity contribution is 0.736. The van der Waals surface area contributed by atoms with Crippen LogP contribution in [0.2, 0.25) is 0 Å². The average Bonchev–Trinajstić information content (AvgIpc) is 2.27. The molecular formula is C18H30N2-2. The zero-order chi connectivity index (χ0) is 16.3. The molecule has 20 heavy (non-hydrogen) atoms. The van der Waals surface area contributed by atoms with Crippen molar-refractivity contribution < 1.29 is 0 Å². The second kappa shape index (κ2) is 11.4. The fourth-order valence-corrected chi connectivity index (χ4v) is 0.953. The predicted molar refractivity (Wildman–Crippen MR) is 93.8 cm³/mol. The molecule has 2 heteroatoms. The first-order valence-electron chi connectivity index (χ1n) is 7.23. The van der Waals surface area contributed by atoms with E-state index in [0.29, 0.717) is 0 Å². The molecule has 0 aliphatic rings. The maximum atomic E-state index is 9.10. The first kappa shape index (κ1) is 20.9. The summed E-state index contributed by atoms with van der Waals surface area (Å²) >= 11 is 0. The van der Waals surface area contributed by atoms with Crippen molar-refractivity contribution in [2.45, 2.75) is 55.4 Å². The van der Waals surface area contributed by atoms with Crippen molar-refractivity contribution in [3.05, 3.63) is 46.2 Å². The van der Waals surface area contributed by atoms with E-state index in [0.717, 1.165) is 23.0 Å². The molecular weight excluding hydrogens is 244 g/mol. The quantitative estimate of drug-likeness (QED) is 0.615. The minimum atomic E-state index is 0.289. The summed E-state index contributed by atoms with van der Waals surface area (Å²) in [5.41, 5.74) is 2.13. The van der Waals surface area contributed by atoms with Crippen LogP contribution in [0.15, 0.2) is 24.3 Å². The smallest absolute Gasteiger partial charge is 0.0461 e. The minimum absolute atomic E-state index is 0.289. The number of benzene rings is 1. The van der Waals surface area contributed by atoms with Crippen molar-refractivity contribution in [3.63, 3.8) is 0 Å². The van der Waals surface area contributed by atoms with Gasteiger partial charge in [-0.15, -0.1) is 0 Å². The van der Waals surface area contributed by atoms with Gasteiger partial charge in [0.25, 0.3) is 0 Å². The summed E-state index contributed by atoms with van der Waals surface area (Å²) in [5.74, 6) is 1.67. The van der Waals surface area contributed by atoms with Gasteiger partial charge < -0.3 is 10.8 Å². The molecule has 0 radical (unpaired) electrons. The first-order valence-corrected chi connectivity index (χ1v) is 7.23. The molecule has 1 aromatic carbocycles. The number of nitrogens with zero attached hydrogens (tertiary/aromatic N) is 2. The topological polar surface area (TPSA) is 44.6 Å². The van der Waals surface area contributed by atoms with Crippen molar-refractivity contribution in [2.75, 3.05) is 0 Å². The van der Waals surface area contributed by atoms with Crippen molar-refractivity contribution in [1.82, 2.24) is 0 Å². The fraction of sp³-hybridized carbons (Fsp3) is 0.556. The molecule has 0 saturated heterocycles. The summed E-state index contributed by atoms with van der Waals surface area (Å²) in [6.45, 7) is 16.3. The third kappa shape index (κ3) is 14.6. The second-order valence-corrected chi connectivity index (χ2v) is 6.21. The molecule has 0 aromatic heterocycles. The van der Waals surface area contributed by atoms with Gasteiger partial charge in [0.05, 0.1) is 0 Å². The Morgan fingerprint density at radius 2 is 0.800 bits per heavy atom. The van der Waals surface area contributed by atoms with Gasteiger partial charge in [0, 0.05) is 0 Å². The Bertz CT molecular complexity index is 342. The van der Waals surface area contributed by atoms with E-state index in [1.807, 2.05) is 0 Å². The van der Waals surface area contributed by atoms with Crippen LogP contribution in [0, 0.1) is 11.8 Å². The fourth-order valence-electron chi connectivity index (χ4n) is 0.953. The predicted octanol–water partition coefficient (Wildman–Crippen LogP) is 5.77. The van der Waals surface area contributed by atoms with Crippen molar-refractivity contribution in [3.8, 4) is 0 Å². The lowest BCUT2D eigenvalue weighted by Gasteiger charge is -2.10. The lowest BCUT2D eigenvalue weighted by atomic mass is 10.1. The standard InChI is InChI=1S/C10H10N2.2C4H10/c1-7(11)9-3-5-10(6-4-9)8(2)12;2*1-4(2)3/h3-6H,1-2H3;2*4H,1-3H3/q-2;;. The Labute approximate surface area is 125 Å². The maximum Gasteiger partial charge on any atom is -0.0461 e.